The van der Waals surface area contributed by atoms with Gasteiger partial charge in [-0.15, -0.1) is 0 Å². The lowest BCUT2D eigenvalue weighted by atomic mass is 10.1. The minimum Gasteiger partial charge on any atom is -0.282 e. The highest BCUT2D eigenvalue weighted by atomic mass is 32.2. The second-order valence-corrected chi connectivity index (χ2v) is 7.86. The minimum atomic E-state index is -4.81. The first-order chi connectivity index (χ1) is 12.4. The van der Waals surface area contributed by atoms with Gasteiger partial charge in [0.05, 0.1) is 11.0 Å². The Morgan fingerprint density at radius 3 is 1.85 bits per heavy atom. The molecule has 0 radical (unpaired) electrons. The van der Waals surface area contributed by atoms with Crippen LogP contribution in [0.4, 0.5) is 11.4 Å². The Balaban J connectivity index is 2.63. The maximum absolute atomic E-state index is 11.5. The zero-order valence-electron chi connectivity index (χ0n) is 13.1. The second-order valence-electron chi connectivity index (χ2n) is 5.08. The molecule has 0 saturated carbocycles. The fraction of sp³-hybridized carbons (Fsp3) is 0. The number of diazo groups is 1. The number of non-ortho nitro benzene ring substituents is 1. The molecule has 13 heteroatoms. The van der Waals surface area contributed by atoms with Crippen molar-refractivity contribution in [2.24, 2.45) is 0 Å². The molecule has 0 unspecified atom stereocenters. The smallest absolute Gasteiger partial charge is 0.282 e. The van der Waals surface area contributed by atoms with Crippen molar-refractivity contribution in [3.8, 4) is 0 Å². The molecule has 140 valence electrons. The number of benzene rings is 2. The third-order valence-corrected chi connectivity index (χ3v) is 5.14. The molecule has 27 heavy (non-hydrogen) atoms. The molecule has 0 saturated heterocycles. The molecule has 0 heterocycles. The van der Waals surface area contributed by atoms with Crippen LogP contribution >= 0.6 is 0 Å². The summed E-state index contributed by atoms with van der Waals surface area (Å²) in [4.78, 5) is 11.3. The van der Waals surface area contributed by atoms with Gasteiger partial charge in [0.25, 0.3) is 25.9 Å². The van der Waals surface area contributed by atoms with Crippen molar-refractivity contribution in [1.29, 1.82) is 5.39 Å². The lowest BCUT2D eigenvalue weighted by Crippen LogP contribution is -2.02. The van der Waals surface area contributed by atoms with Crippen molar-refractivity contribution < 1.29 is 30.9 Å². The van der Waals surface area contributed by atoms with Crippen LogP contribution in [-0.2, 0) is 20.2 Å². The van der Waals surface area contributed by atoms with Crippen LogP contribution in [0.15, 0.2) is 46.2 Å². The first-order valence-electron chi connectivity index (χ1n) is 6.84. The summed E-state index contributed by atoms with van der Waals surface area (Å²) in [5, 5.41) is 19.5. The molecule has 2 N–H and O–H groups in total. The van der Waals surface area contributed by atoms with Crippen molar-refractivity contribution in [3.05, 3.63) is 62.6 Å². The third-order valence-electron chi connectivity index (χ3n) is 3.32. The SMILES string of the molecule is N#[N+]c1ccc(/C=C/c2ccc([N+](=O)[O-])cc2S(=O)(=O)O)c(S(=O)(=O)O)c1. The Bertz CT molecular complexity index is 1210. The predicted molar refractivity (Wildman–Crippen MR) is 92.8 cm³/mol. The number of rotatable bonds is 5. The van der Waals surface area contributed by atoms with E-state index in [0.29, 0.717) is 6.07 Å². The van der Waals surface area contributed by atoms with Crippen LogP contribution in [0.25, 0.3) is 17.1 Å². The number of nitro groups is 1. The number of hydrogen-bond acceptors (Lipinski definition) is 7. The van der Waals surface area contributed by atoms with Crippen LogP contribution in [0.3, 0.4) is 0 Å². The van der Waals surface area contributed by atoms with Crippen molar-refractivity contribution in [3.63, 3.8) is 0 Å². The Hall–Kier alpha value is -3.18. The van der Waals surface area contributed by atoms with E-state index in [9.17, 15) is 36.1 Å². The predicted octanol–water partition coefficient (Wildman–Crippen LogP) is 2.74. The molecule has 0 fully saturated rings. The Morgan fingerprint density at radius 1 is 0.926 bits per heavy atom. The summed E-state index contributed by atoms with van der Waals surface area (Å²) >= 11 is 0. The van der Waals surface area contributed by atoms with E-state index in [4.69, 9.17) is 5.39 Å². The highest BCUT2D eigenvalue weighted by molar-refractivity contribution is 7.86. The van der Waals surface area contributed by atoms with Crippen molar-refractivity contribution in [2.45, 2.75) is 9.79 Å². The fourth-order valence-corrected chi connectivity index (χ4v) is 3.53. The maximum atomic E-state index is 11.5. The lowest BCUT2D eigenvalue weighted by molar-refractivity contribution is -0.385. The van der Waals surface area contributed by atoms with E-state index in [2.05, 4.69) is 4.98 Å². The molecule has 0 aliphatic carbocycles. The van der Waals surface area contributed by atoms with E-state index in [1.807, 2.05) is 0 Å². The molecular weight excluding hydrogens is 402 g/mol. The van der Waals surface area contributed by atoms with E-state index < -0.39 is 40.6 Å². The molecule has 0 bridgehead atoms. The van der Waals surface area contributed by atoms with E-state index in [0.717, 1.165) is 30.4 Å². The van der Waals surface area contributed by atoms with Gasteiger partial charge in [-0.05, 0) is 23.3 Å². The summed E-state index contributed by atoms with van der Waals surface area (Å²) in [6.07, 6.45) is 2.17. The van der Waals surface area contributed by atoms with Gasteiger partial charge in [0.2, 0.25) is 5.39 Å². The van der Waals surface area contributed by atoms with Crippen molar-refractivity contribution in [1.82, 2.24) is 0 Å². The van der Waals surface area contributed by atoms with Crippen LogP contribution < -0.4 is 0 Å². The van der Waals surface area contributed by atoms with Crippen LogP contribution in [0, 0.1) is 15.5 Å². The van der Waals surface area contributed by atoms with Gasteiger partial charge >= 0.3 is 5.69 Å². The summed E-state index contributed by atoms with van der Waals surface area (Å²) in [5.41, 5.74) is -0.995. The standard InChI is InChI=1S/C14H9N3O8S2/c15-16-11-5-3-9(13(7-11)26(20,21)22)1-2-10-4-6-12(17(18)19)8-14(10)27(23,24)25/h1-8H,(H-,20,21,22,23,24,25)/p+1/b2-1+. The van der Waals surface area contributed by atoms with Crippen LogP contribution in [0.2, 0.25) is 0 Å². The van der Waals surface area contributed by atoms with Gasteiger partial charge in [0.1, 0.15) is 9.79 Å². The first kappa shape index (κ1) is 20.1. The van der Waals surface area contributed by atoms with E-state index in [1.165, 1.54) is 12.1 Å². The topological polar surface area (TPSA) is 180 Å². The molecule has 2 rings (SSSR count). The van der Waals surface area contributed by atoms with Gasteiger partial charge in [0, 0.05) is 18.2 Å². The molecular formula is C14H10N3O8S2+. The van der Waals surface area contributed by atoms with E-state index in [1.54, 1.807) is 0 Å². The van der Waals surface area contributed by atoms with Crippen LogP contribution in [0.1, 0.15) is 11.1 Å². The number of nitro benzene ring substituents is 1. The van der Waals surface area contributed by atoms with Crippen molar-refractivity contribution >= 4 is 43.8 Å². The average molecular weight is 412 g/mol. The van der Waals surface area contributed by atoms with Gasteiger partial charge in [-0.3, -0.25) is 19.2 Å². The molecule has 0 amide bonds. The van der Waals surface area contributed by atoms with Gasteiger partial charge in [-0.2, -0.15) is 16.8 Å². The van der Waals surface area contributed by atoms with Crippen LogP contribution in [-0.4, -0.2) is 30.9 Å². The van der Waals surface area contributed by atoms with Gasteiger partial charge < -0.3 is 0 Å². The van der Waals surface area contributed by atoms with Crippen molar-refractivity contribution in [2.75, 3.05) is 0 Å². The fourth-order valence-electron chi connectivity index (χ4n) is 2.12. The summed E-state index contributed by atoms with van der Waals surface area (Å²) in [7, 11) is -9.52. The zero-order valence-corrected chi connectivity index (χ0v) is 14.8. The van der Waals surface area contributed by atoms with Crippen LogP contribution in [0.5, 0.6) is 0 Å². The Kier molecular flexibility index (Phi) is 5.38. The summed E-state index contributed by atoms with van der Waals surface area (Å²) in [6.45, 7) is 0. The minimum absolute atomic E-state index is 0.0930. The number of hydrogen-bond donors (Lipinski definition) is 2. The average Bonchev–Trinajstić information content (AvgIpc) is 2.58. The molecule has 2 aromatic rings. The summed E-state index contributed by atoms with van der Waals surface area (Å²) in [5.74, 6) is 0. The summed E-state index contributed by atoms with van der Waals surface area (Å²) < 4.78 is 64.4. The molecule has 0 aliphatic heterocycles. The zero-order chi connectivity index (χ0) is 20.4. The second kappa shape index (κ2) is 7.21. The van der Waals surface area contributed by atoms with Gasteiger partial charge in [0.15, 0.2) is 4.98 Å². The monoisotopic (exact) mass is 412 g/mol. The number of nitrogens with zero attached hydrogens (tertiary/aromatic N) is 3. The molecule has 0 aliphatic rings. The Labute approximate surface area is 152 Å². The first-order valence-corrected chi connectivity index (χ1v) is 9.72. The molecule has 0 spiro atoms. The van der Waals surface area contributed by atoms with Gasteiger partial charge in [-0.25, -0.2) is 0 Å². The molecule has 0 aromatic heterocycles. The Morgan fingerprint density at radius 2 is 1.41 bits per heavy atom. The lowest BCUT2D eigenvalue weighted by Gasteiger charge is -2.04. The highest BCUT2D eigenvalue weighted by Gasteiger charge is 2.21. The van der Waals surface area contributed by atoms with E-state index in [-0.39, 0.29) is 16.8 Å². The quantitative estimate of drug-likeness (QED) is 0.245. The largest absolute Gasteiger partial charge is 0.386 e. The molecule has 0 atom stereocenters. The summed E-state index contributed by atoms with van der Waals surface area (Å²) in [6, 6.07) is 5.94. The third kappa shape index (κ3) is 4.71. The van der Waals surface area contributed by atoms with E-state index >= 15 is 0 Å². The maximum Gasteiger partial charge on any atom is 0.386 e. The molecule has 11 nitrogen and oxygen atoms in total. The highest BCUT2D eigenvalue weighted by Crippen LogP contribution is 2.27. The normalized spacial score (nSPS) is 12.0. The molecule has 2 aromatic carbocycles. The van der Waals surface area contributed by atoms with Gasteiger partial charge in [-0.1, -0.05) is 12.2 Å².